The first-order valence-electron chi connectivity index (χ1n) is 9.86. The van der Waals surface area contributed by atoms with Crippen molar-refractivity contribution < 1.29 is 9.59 Å². The van der Waals surface area contributed by atoms with Gasteiger partial charge in [0.05, 0.1) is 0 Å². The van der Waals surface area contributed by atoms with Crippen LogP contribution in [0.5, 0.6) is 0 Å². The second-order valence-electron chi connectivity index (χ2n) is 7.59. The molecule has 0 spiro atoms. The minimum atomic E-state index is -0.390. The third-order valence-corrected chi connectivity index (χ3v) is 5.78. The van der Waals surface area contributed by atoms with Gasteiger partial charge in [0.1, 0.15) is 6.04 Å². The maximum Gasteiger partial charge on any atom is 0.245 e. The summed E-state index contributed by atoms with van der Waals surface area (Å²) in [6.07, 6.45) is 4.23. The van der Waals surface area contributed by atoms with Crippen molar-refractivity contribution in [1.82, 2.24) is 19.7 Å². The van der Waals surface area contributed by atoms with Crippen LogP contribution in [-0.2, 0) is 29.1 Å². The van der Waals surface area contributed by atoms with Crippen LogP contribution in [0.3, 0.4) is 0 Å². The van der Waals surface area contributed by atoms with E-state index in [2.05, 4.69) is 16.0 Å². The van der Waals surface area contributed by atoms with Crippen molar-refractivity contribution in [2.75, 3.05) is 26.2 Å². The van der Waals surface area contributed by atoms with Crippen LogP contribution in [0.1, 0.15) is 23.6 Å². The molecule has 1 aromatic carbocycles. The lowest BCUT2D eigenvalue weighted by atomic mass is 9.93. The summed E-state index contributed by atoms with van der Waals surface area (Å²) in [4.78, 5) is 35.5. The second kappa shape index (κ2) is 8.10. The number of carbonyl (C=O) groups is 2. The Balaban J connectivity index is 1.41. The zero-order chi connectivity index (χ0) is 19.5. The van der Waals surface area contributed by atoms with Gasteiger partial charge in [0, 0.05) is 65.0 Å². The fraction of sp³-hybridized carbons (Fsp3) is 0.409. The summed E-state index contributed by atoms with van der Waals surface area (Å²) in [5.41, 5.74) is 3.56. The van der Waals surface area contributed by atoms with Crippen molar-refractivity contribution in [1.29, 1.82) is 0 Å². The summed E-state index contributed by atoms with van der Waals surface area (Å²) in [6.45, 7) is 6.04. The second-order valence-corrected chi connectivity index (χ2v) is 7.59. The van der Waals surface area contributed by atoms with E-state index in [-0.39, 0.29) is 17.9 Å². The Kier molecular flexibility index (Phi) is 5.39. The first-order valence-corrected chi connectivity index (χ1v) is 9.86. The lowest BCUT2D eigenvalue weighted by molar-refractivity contribution is -0.147. The molecule has 0 radical (unpaired) electrons. The van der Waals surface area contributed by atoms with Gasteiger partial charge in [0.25, 0.3) is 0 Å². The number of amides is 2. The molecule has 0 saturated carbocycles. The number of nitrogens with zero attached hydrogens (tertiary/aromatic N) is 4. The van der Waals surface area contributed by atoms with Crippen LogP contribution in [0, 0.1) is 0 Å². The summed E-state index contributed by atoms with van der Waals surface area (Å²) in [7, 11) is 0. The quantitative estimate of drug-likeness (QED) is 0.816. The number of carbonyl (C=O) groups excluding carboxylic acids is 2. The topological polar surface area (TPSA) is 56.8 Å². The number of hydrogen-bond acceptors (Lipinski definition) is 4. The number of rotatable bonds is 3. The van der Waals surface area contributed by atoms with Crippen molar-refractivity contribution in [3.05, 3.63) is 65.5 Å². The zero-order valence-corrected chi connectivity index (χ0v) is 16.3. The molecule has 1 saturated heterocycles. The van der Waals surface area contributed by atoms with Crippen molar-refractivity contribution in [3.63, 3.8) is 0 Å². The van der Waals surface area contributed by atoms with E-state index in [1.54, 1.807) is 11.8 Å². The number of hydrogen-bond donors (Lipinski definition) is 0. The molecule has 0 aliphatic carbocycles. The van der Waals surface area contributed by atoms with Gasteiger partial charge in [-0.25, -0.2) is 0 Å². The standard InChI is InChI=1S/C22H26N4O2/c1-17(27)26-16-20-5-3-2-4-19(20)14-21(26)22(28)25-12-10-24(11-13-25)15-18-6-8-23-9-7-18/h2-9,21H,10-16H2,1H3/t21-/m0/s1. The summed E-state index contributed by atoms with van der Waals surface area (Å²) >= 11 is 0. The Hall–Kier alpha value is -2.73. The molecular weight excluding hydrogens is 352 g/mol. The summed E-state index contributed by atoms with van der Waals surface area (Å²) in [5.74, 6) is 0.0393. The molecule has 1 fully saturated rings. The van der Waals surface area contributed by atoms with Crippen LogP contribution in [0.2, 0.25) is 0 Å². The van der Waals surface area contributed by atoms with E-state index in [0.717, 1.165) is 25.2 Å². The molecule has 2 aliphatic heterocycles. The largest absolute Gasteiger partial charge is 0.338 e. The van der Waals surface area contributed by atoms with Crippen molar-refractivity contribution in [3.8, 4) is 0 Å². The fourth-order valence-corrected chi connectivity index (χ4v) is 4.16. The number of aromatic nitrogens is 1. The number of benzene rings is 1. The number of piperazine rings is 1. The van der Waals surface area contributed by atoms with Gasteiger partial charge in [-0.3, -0.25) is 19.5 Å². The van der Waals surface area contributed by atoms with Crippen molar-refractivity contribution in [2.24, 2.45) is 0 Å². The summed E-state index contributed by atoms with van der Waals surface area (Å²) in [6, 6.07) is 11.8. The lowest BCUT2D eigenvalue weighted by Gasteiger charge is -2.41. The van der Waals surface area contributed by atoms with Gasteiger partial charge < -0.3 is 9.80 Å². The van der Waals surface area contributed by atoms with Crippen LogP contribution in [0.25, 0.3) is 0 Å². The molecule has 1 aromatic heterocycles. The highest BCUT2D eigenvalue weighted by molar-refractivity contribution is 5.88. The summed E-state index contributed by atoms with van der Waals surface area (Å²) in [5, 5.41) is 0. The molecule has 0 bridgehead atoms. The van der Waals surface area contributed by atoms with Crippen LogP contribution in [-0.4, -0.2) is 63.7 Å². The highest BCUT2D eigenvalue weighted by atomic mass is 16.2. The maximum absolute atomic E-state index is 13.2. The average molecular weight is 378 g/mol. The van der Waals surface area contributed by atoms with Gasteiger partial charge in [0.15, 0.2) is 0 Å². The molecule has 4 rings (SSSR count). The lowest BCUT2D eigenvalue weighted by Crippen LogP contribution is -2.57. The molecule has 1 atom stereocenters. The molecule has 3 heterocycles. The van der Waals surface area contributed by atoms with E-state index in [4.69, 9.17) is 0 Å². The van der Waals surface area contributed by atoms with Crippen LogP contribution >= 0.6 is 0 Å². The predicted octanol–water partition coefficient (Wildman–Crippen LogP) is 1.70. The Morgan fingerprint density at radius 3 is 2.36 bits per heavy atom. The van der Waals surface area contributed by atoms with Gasteiger partial charge in [0.2, 0.25) is 11.8 Å². The van der Waals surface area contributed by atoms with Crippen LogP contribution in [0.4, 0.5) is 0 Å². The maximum atomic E-state index is 13.2. The SMILES string of the molecule is CC(=O)N1Cc2ccccc2C[C@H]1C(=O)N1CCN(Cc2ccncc2)CC1. The monoisotopic (exact) mass is 378 g/mol. The smallest absolute Gasteiger partial charge is 0.245 e. The first-order chi connectivity index (χ1) is 13.6. The normalized spacial score (nSPS) is 20.0. The van der Waals surface area contributed by atoms with E-state index in [0.29, 0.717) is 26.1 Å². The highest BCUT2D eigenvalue weighted by Crippen LogP contribution is 2.25. The molecule has 146 valence electrons. The van der Waals surface area contributed by atoms with E-state index in [1.807, 2.05) is 47.6 Å². The van der Waals surface area contributed by atoms with Gasteiger partial charge in [-0.05, 0) is 28.8 Å². The molecule has 2 aliphatic rings. The third kappa shape index (κ3) is 3.92. The molecular formula is C22H26N4O2. The Labute approximate surface area is 165 Å². The molecule has 28 heavy (non-hydrogen) atoms. The van der Waals surface area contributed by atoms with Crippen LogP contribution in [0.15, 0.2) is 48.8 Å². The van der Waals surface area contributed by atoms with Crippen molar-refractivity contribution in [2.45, 2.75) is 32.5 Å². The number of pyridine rings is 1. The molecule has 2 aromatic rings. The summed E-state index contributed by atoms with van der Waals surface area (Å²) < 4.78 is 0. The van der Waals surface area contributed by atoms with Crippen molar-refractivity contribution >= 4 is 11.8 Å². The van der Waals surface area contributed by atoms with E-state index < -0.39 is 0 Å². The van der Waals surface area contributed by atoms with Gasteiger partial charge in [-0.1, -0.05) is 24.3 Å². The Morgan fingerprint density at radius 2 is 1.68 bits per heavy atom. The van der Waals surface area contributed by atoms with E-state index in [1.165, 1.54) is 11.1 Å². The fourth-order valence-electron chi connectivity index (χ4n) is 4.16. The van der Waals surface area contributed by atoms with Crippen LogP contribution < -0.4 is 0 Å². The minimum absolute atomic E-state index is 0.0378. The van der Waals surface area contributed by atoms with Gasteiger partial charge in [-0.2, -0.15) is 0 Å². The predicted molar refractivity (Wildman–Crippen MR) is 106 cm³/mol. The molecule has 0 N–H and O–H groups in total. The van der Waals surface area contributed by atoms with Gasteiger partial charge >= 0.3 is 0 Å². The molecule has 0 unspecified atom stereocenters. The molecule has 2 amide bonds. The first kappa shape index (κ1) is 18.6. The minimum Gasteiger partial charge on any atom is -0.338 e. The molecule has 6 heteroatoms. The van der Waals surface area contributed by atoms with E-state index >= 15 is 0 Å². The Morgan fingerprint density at radius 1 is 1.00 bits per heavy atom. The number of fused-ring (bicyclic) bond motifs is 1. The van der Waals surface area contributed by atoms with E-state index in [9.17, 15) is 9.59 Å². The zero-order valence-electron chi connectivity index (χ0n) is 16.3. The molecule has 6 nitrogen and oxygen atoms in total. The average Bonchev–Trinajstić information content (AvgIpc) is 2.73. The third-order valence-electron chi connectivity index (χ3n) is 5.78. The van der Waals surface area contributed by atoms with Gasteiger partial charge in [-0.15, -0.1) is 0 Å². The highest BCUT2D eigenvalue weighted by Gasteiger charge is 2.36. The Bertz CT molecular complexity index is 847.